The van der Waals surface area contributed by atoms with E-state index in [9.17, 15) is 8.42 Å². The molecule has 0 aliphatic heterocycles. The maximum absolute atomic E-state index is 12.1. The third kappa shape index (κ3) is 3.84. The largest absolute Gasteiger partial charge is 0.317 e. The van der Waals surface area contributed by atoms with Crippen molar-refractivity contribution < 1.29 is 8.42 Å². The Morgan fingerprint density at radius 2 is 2.10 bits per heavy atom. The molecule has 2 heterocycles. The number of nitrogens with one attached hydrogen (secondary N) is 2. The zero-order valence-electron chi connectivity index (χ0n) is 11.9. The number of sulfonamides is 1. The average molecular weight is 310 g/mol. The maximum atomic E-state index is 12.1. The van der Waals surface area contributed by atoms with Crippen LogP contribution < -0.4 is 10.0 Å². The average Bonchev–Trinajstić information content (AvgIpc) is 2.94. The van der Waals surface area contributed by atoms with Gasteiger partial charge in [0, 0.05) is 19.3 Å². The van der Waals surface area contributed by atoms with Crippen LogP contribution in [0.5, 0.6) is 0 Å². The summed E-state index contributed by atoms with van der Waals surface area (Å²) in [7, 11) is -1.84. The minimum atomic E-state index is -3.66. The molecular weight excluding hydrogens is 292 g/mol. The smallest absolute Gasteiger partial charge is 0.258 e. The molecule has 2 rings (SSSR count). The molecule has 0 aromatic carbocycles. The van der Waals surface area contributed by atoms with Gasteiger partial charge in [0.1, 0.15) is 12.2 Å². The Bertz CT molecular complexity index is 680. The van der Waals surface area contributed by atoms with Crippen molar-refractivity contribution in [3.63, 3.8) is 0 Å². The number of nitrogens with zero attached hydrogens (tertiary/aromatic N) is 4. The number of hydrogen-bond donors (Lipinski definition) is 2. The van der Waals surface area contributed by atoms with E-state index in [4.69, 9.17) is 0 Å². The Hall–Kier alpha value is -1.84. The molecular formula is C12H18N6O2S. The number of hydrogen-bond acceptors (Lipinski definition) is 6. The minimum Gasteiger partial charge on any atom is -0.317 e. The molecule has 0 atom stereocenters. The van der Waals surface area contributed by atoms with Crippen LogP contribution >= 0.6 is 0 Å². The van der Waals surface area contributed by atoms with Crippen molar-refractivity contribution in [1.29, 1.82) is 0 Å². The Morgan fingerprint density at radius 3 is 2.71 bits per heavy atom. The van der Waals surface area contributed by atoms with Crippen molar-refractivity contribution in [2.75, 3.05) is 7.05 Å². The second-order valence-corrected chi connectivity index (χ2v) is 6.11. The Morgan fingerprint density at radius 1 is 1.29 bits per heavy atom. The van der Waals surface area contributed by atoms with E-state index < -0.39 is 10.0 Å². The van der Waals surface area contributed by atoms with Gasteiger partial charge in [0.2, 0.25) is 0 Å². The summed E-state index contributed by atoms with van der Waals surface area (Å²) in [5, 5.41) is 10.6. The van der Waals surface area contributed by atoms with Crippen molar-refractivity contribution in [1.82, 2.24) is 29.8 Å². The highest BCUT2D eigenvalue weighted by Crippen LogP contribution is 2.07. The Kier molecular flexibility index (Phi) is 4.99. The van der Waals surface area contributed by atoms with Crippen LogP contribution in [0, 0.1) is 0 Å². The second-order valence-electron chi connectivity index (χ2n) is 4.39. The summed E-state index contributed by atoms with van der Waals surface area (Å²) in [5.41, 5.74) is 0.919. The summed E-state index contributed by atoms with van der Waals surface area (Å²) in [6.45, 7) is 3.33. The topological polar surface area (TPSA) is 102 Å². The molecule has 2 aromatic heterocycles. The monoisotopic (exact) mass is 310 g/mol. The first-order valence-corrected chi connectivity index (χ1v) is 8.01. The molecule has 0 amide bonds. The minimum absolute atomic E-state index is 0.00934. The number of aryl methyl sites for hydroxylation is 1. The van der Waals surface area contributed by atoms with Crippen LogP contribution in [-0.2, 0) is 29.7 Å². The zero-order chi connectivity index (χ0) is 15.3. The molecule has 0 spiro atoms. The maximum Gasteiger partial charge on any atom is 0.258 e. The summed E-state index contributed by atoms with van der Waals surface area (Å²) in [6, 6.07) is 3.21. The summed E-state index contributed by atoms with van der Waals surface area (Å²) in [6.07, 6.45) is 3.11. The SMILES string of the molecule is CCn1cnnc1CNS(=O)(=O)c1ccc(CNC)cn1. The van der Waals surface area contributed by atoms with Gasteiger partial charge in [-0.15, -0.1) is 10.2 Å². The molecule has 2 N–H and O–H groups in total. The van der Waals surface area contributed by atoms with Gasteiger partial charge in [-0.2, -0.15) is 0 Å². The van der Waals surface area contributed by atoms with Gasteiger partial charge in [-0.1, -0.05) is 6.07 Å². The fourth-order valence-corrected chi connectivity index (χ4v) is 2.70. The summed E-state index contributed by atoms with van der Waals surface area (Å²) in [5.74, 6) is 0.563. The predicted molar refractivity (Wildman–Crippen MR) is 76.7 cm³/mol. The van der Waals surface area contributed by atoms with Crippen molar-refractivity contribution in [3.05, 3.63) is 36.0 Å². The van der Waals surface area contributed by atoms with Gasteiger partial charge in [0.25, 0.3) is 10.0 Å². The molecule has 0 aliphatic rings. The van der Waals surface area contributed by atoms with Crippen molar-refractivity contribution >= 4 is 10.0 Å². The van der Waals surface area contributed by atoms with Crippen LogP contribution in [0.3, 0.4) is 0 Å². The van der Waals surface area contributed by atoms with E-state index in [0.717, 1.165) is 5.56 Å². The van der Waals surface area contributed by atoms with Crippen molar-refractivity contribution in [2.45, 2.75) is 31.6 Å². The fourth-order valence-electron chi connectivity index (χ4n) is 1.79. The van der Waals surface area contributed by atoms with Crippen LogP contribution in [0.25, 0.3) is 0 Å². The molecule has 0 radical (unpaired) electrons. The quantitative estimate of drug-likeness (QED) is 0.740. The van der Waals surface area contributed by atoms with Crippen LogP contribution in [0.15, 0.2) is 29.7 Å². The van der Waals surface area contributed by atoms with Crippen LogP contribution in [0.2, 0.25) is 0 Å². The lowest BCUT2D eigenvalue weighted by Gasteiger charge is -2.07. The molecule has 0 aliphatic carbocycles. The third-order valence-electron chi connectivity index (χ3n) is 2.91. The molecule has 0 bridgehead atoms. The Labute approximate surface area is 123 Å². The number of pyridine rings is 1. The molecule has 21 heavy (non-hydrogen) atoms. The summed E-state index contributed by atoms with van der Waals surface area (Å²) < 4.78 is 28.5. The van der Waals surface area contributed by atoms with E-state index in [0.29, 0.717) is 18.9 Å². The second kappa shape index (κ2) is 6.74. The highest BCUT2D eigenvalue weighted by molar-refractivity contribution is 7.89. The molecule has 2 aromatic rings. The van der Waals surface area contributed by atoms with E-state index in [1.807, 2.05) is 14.0 Å². The standard InChI is InChI=1S/C12H18N6O2S/c1-3-18-9-15-17-11(18)8-16-21(19,20)12-5-4-10(6-13-2)7-14-12/h4-5,7,9,13,16H,3,6,8H2,1-2H3. The van der Waals surface area contributed by atoms with E-state index in [1.54, 1.807) is 23.2 Å². The van der Waals surface area contributed by atoms with Crippen LogP contribution in [0.4, 0.5) is 0 Å². The van der Waals surface area contributed by atoms with Gasteiger partial charge >= 0.3 is 0 Å². The van der Waals surface area contributed by atoms with E-state index in [1.165, 1.54) is 6.07 Å². The van der Waals surface area contributed by atoms with Gasteiger partial charge < -0.3 is 9.88 Å². The molecule has 0 unspecified atom stereocenters. The first kappa shape index (κ1) is 15.5. The molecule has 0 saturated carbocycles. The lowest BCUT2D eigenvalue weighted by Crippen LogP contribution is -2.25. The van der Waals surface area contributed by atoms with E-state index >= 15 is 0 Å². The summed E-state index contributed by atoms with van der Waals surface area (Å²) >= 11 is 0. The zero-order valence-corrected chi connectivity index (χ0v) is 12.8. The lowest BCUT2D eigenvalue weighted by atomic mass is 10.3. The number of rotatable bonds is 7. The van der Waals surface area contributed by atoms with Gasteiger partial charge in [-0.05, 0) is 25.6 Å². The first-order chi connectivity index (χ1) is 10.1. The van der Waals surface area contributed by atoms with Gasteiger partial charge in [0.05, 0.1) is 6.54 Å². The Balaban J connectivity index is 2.07. The lowest BCUT2D eigenvalue weighted by molar-refractivity contribution is 0.571. The fraction of sp³-hybridized carbons (Fsp3) is 0.417. The molecule has 114 valence electrons. The molecule has 9 heteroatoms. The van der Waals surface area contributed by atoms with Crippen molar-refractivity contribution in [3.8, 4) is 0 Å². The van der Waals surface area contributed by atoms with Crippen LogP contribution in [0.1, 0.15) is 18.3 Å². The third-order valence-corrected chi connectivity index (χ3v) is 4.23. The van der Waals surface area contributed by atoms with Gasteiger partial charge in [-0.3, -0.25) is 0 Å². The van der Waals surface area contributed by atoms with E-state index in [-0.39, 0.29) is 11.6 Å². The van der Waals surface area contributed by atoms with Crippen molar-refractivity contribution in [2.24, 2.45) is 0 Å². The predicted octanol–water partition coefficient (Wildman–Crippen LogP) is -0.109. The van der Waals surface area contributed by atoms with E-state index in [2.05, 4.69) is 25.2 Å². The molecule has 8 nitrogen and oxygen atoms in total. The summed E-state index contributed by atoms with van der Waals surface area (Å²) in [4.78, 5) is 3.98. The van der Waals surface area contributed by atoms with Crippen LogP contribution in [-0.4, -0.2) is 35.2 Å². The molecule has 0 fully saturated rings. The molecule has 0 saturated heterocycles. The highest BCUT2D eigenvalue weighted by atomic mass is 32.2. The normalized spacial score (nSPS) is 11.7. The first-order valence-electron chi connectivity index (χ1n) is 6.52. The van der Waals surface area contributed by atoms with Gasteiger partial charge in [-0.25, -0.2) is 18.1 Å². The number of aromatic nitrogens is 4. The highest BCUT2D eigenvalue weighted by Gasteiger charge is 2.16. The van der Waals surface area contributed by atoms with Gasteiger partial charge in [0.15, 0.2) is 5.03 Å².